The van der Waals surface area contributed by atoms with Gasteiger partial charge < -0.3 is 20.1 Å². The first-order valence-electron chi connectivity index (χ1n) is 9.02. The molecule has 1 aliphatic heterocycles. The smallest absolute Gasteiger partial charge is 0.191 e. The van der Waals surface area contributed by atoms with Crippen LogP contribution in [-0.4, -0.2) is 33.3 Å². The van der Waals surface area contributed by atoms with Gasteiger partial charge in [-0.2, -0.15) is 0 Å². The van der Waals surface area contributed by atoms with Crippen LogP contribution in [0.15, 0.2) is 41.4 Å². The molecule has 0 aromatic heterocycles. The van der Waals surface area contributed by atoms with E-state index in [1.165, 1.54) is 16.7 Å². The van der Waals surface area contributed by atoms with Gasteiger partial charge in [-0.3, -0.25) is 4.99 Å². The van der Waals surface area contributed by atoms with Crippen LogP contribution in [0.2, 0.25) is 0 Å². The summed E-state index contributed by atoms with van der Waals surface area (Å²) in [5.41, 5.74) is 4.93. The maximum Gasteiger partial charge on any atom is 0.191 e. The lowest BCUT2D eigenvalue weighted by molar-refractivity contribution is 0.357. The summed E-state index contributed by atoms with van der Waals surface area (Å²) >= 11 is 0. The van der Waals surface area contributed by atoms with E-state index in [1.807, 2.05) is 6.07 Å². The summed E-state index contributed by atoms with van der Waals surface area (Å²) in [5.74, 6) is 2.72. The summed E-state index contributed by atoms with van der Waals surface area (Å²) in [6, 6.07) is 12.7. The molecular weight excluding hydrogens is 326 g/mol. The van der Waals surface area contributed by atoms with Gasteiger partial charge in [0.2, 0.25) is 0 Å². The van der Waals surface area contributed by atoms with Crippen LogP contribution in [0.1, 0.15) is 22.3 Å². The molecule has 1 aliphatic rings. The predicted octanol–water partition coefficient (Wildman–Crippen LogP) is 2.85. The van der Waals surface area contributed by atoms with E-state index in [1.54, 1.807) is 14.2 Å². The first kappa shape index (κ1) is 18.1. The molecule has 0 saturated carbocycles. The van der Waals surface area contributed by atoms with Gasteiger partial charge in [-0.1, -0.05) is 24.3 Å². The number of hydrogen-bond donors (Lipinski definition) is 2. The molecule has 26 heavy (non-hydrogen) atoms. The van der Waals surface area contributed by atoms with Crippen molar-refractivity contribution < 1.29 is 9.47 Å². The van der Waals surface area contributed by atoms with Gasteiger partial charge in [0, 0.05) is 32.1 Å². The molecule has 0 radical (unpaired) electrons. The topological polar surface area (TPSA) is 54.9 Å². The van der Waals surface area contributed by atoms with E-state index >= 15 is 0 Å². The fourth-order valence-corrected chi connectivity index (χ4v) is 3.12. The van der Waals surface area contributed by atoms with E-state index in [-0.39, 0.29) is 0 Å². The number of methoxy groups -OCH3 is 1. The average molecular weight is 353 g/mol. The second kappa shape index (κ2) is 8.61. The molecule has 0 bridgehead atoms. The average Bonchev–Trinajstić information content (AvgIpc) is 3.13. The number of rotatable bonds is 6. The molecule has 1 heterocycles. The van der Waals surface area contributed by atoms with Crippen molar-refractivity contribution in [1.82, 2.24) is 10.6 Å². The quantitative estimate of drug-likeness (QED) is 0.619. The van der Waals surface area contributed by atoms with Gasteiger partial charge in [0.15, 0.2) is 5.96 Å². The van der Waals surface area contributed by atoms with Crippen LogP contribution < -0.4 is 20.1 Å². The van der Waals surface area contributed by atoms with Gasteiger partial charge in [-0.05, 0) is 42.2 Å². The predicted molar refractivity (Wildman–Crippen MR) is 105 cm³/mol. The van der Waals surface area contributed by atoms with Crippen LogP contribution in [-0.2, 0) is 19.4 Å². The highest BCUT2D eigenvalue weighted by atomic mass is 16.5. The number of nitrogens with one attached hydrogen (secondary N) is 2. The van der Waals surface area contributed by atoms with Crippen molar-refractivity contribution in [2.24, 2.45) is 4.99 Å². The largest absolute Gasteiger partial charge is 0.496 e. The highest BCUT2D eigenvalue weighted by Gasteiger charge is 2.11. The minimum Gasteiger partial charge on any atom is -0.496 e. The van der Waals surface area contributed by atoms with Crippen molar-refractivity contribution >= 4 is 5.96 Å². The third-order valence-corrected chi connectivity index (χ3v) is 4.57. The SMILES string of the molecule is CN=C(NCCc1ccc2c(c1)CCO2)NCc1ccc(C)cc1OC. The summed E-state index contributed by atoms with van der Waals surface area (Å²) in [5, 5.41) is 6.72. The van der Waals surface area contributed by atoms with E-state index in [9.17, 15) is 0 Å². The highest BCUT2D eigenvalue weighted by Crippen LogP contribution is 2.25. The van der Waals surface area contributed by atoms with Gasteiger partial charge in [0.25, 0.3) is 0 Å². The maximum absolute atomic E-state index is 5.56. The Kier molecular flexibility index (Phi) is 6.00. The summed E-state index contributed by atoms with van der Waals surface area (Å²) in [4.78, 5) is 4.30. The number of ether oxygens (including phenoxy) is 2. The first-order chi connectivity index (χ1) is 12.7. The Labute approximate surface area is 155 Å². The highest BCUT2D eigenvalue weighted by molar-refractivity contribution is 5.79. The maximum atomic E-state index is 5.56. The minimum atomic E-state index is 0.666. The molecule has 2 N–H and O–H groups in total. The van der Waals surface area contributed by atoms with Crippen molar-refractivity contribution in [3.8, 4) is 11.5 Å². The zero-order valence-electron chi connectivity index (χ0n) is 15.8. The zero-order valence-corrected chi connectivity index (χ0v) is 15.8. The van der Waals surface area contributed by atoms with E-state index in [0.717, 1.165) is 49.0 Å². The molecule has 5 nitrogen and oxygen atoms in total. The van der Waals surface area contributed by atoms with Gasteiger partial charge in [0.05, 0.1) is 13.7 Å². The van der Waals surface area contributed by atoms with Gasteiger partial charge >= 0.3 is 0 Å². The van der Waals surface area contributed by atoms with Crippen molar-refractivity contribution in [3.05, 3.63) is 58.7 Å². The first-order valence-corrected chi connectivity index (χ1v) is 9.02. The molecule has 0 spiro atoms. The molecule has 2 aromatic carbocycles. The lowest BCUT2D eigenvalue weighted by Gasteiger charge is -2.14. The summed E-state index contributed by atoms with van der Waals surface area (Å²) < 4.78 is 11.0. The second-order valence-corrected chi connectivity index (χ2v) is 6.46. The fourth-order valence-electron chi connectivity index (χ4n) is 3.12. The summed E-state index contributed by atoms with van der Waals surface area (Å²) in [7, 11) is 3.49. The lowest BCUT2D eigenvalue weighted by atomic mass is 10.1. The van der Waals surface area contributed by atoms with Gasteiger partial charge in [-0.25, -0.2) is 0 Å². The normalized spacial score (nSPS) is 13.1. The van der Waals surface area contributed by atoms with Crippen LogP contribution in [0, 0.1) is 6.92 Å². The van der Waals surface area contributed by atoms with Crippen molar-refractivity contribution in [3.63, 3.8) is 0 Å². The van der Waals surface area contributed by atoms with E-state index < -0.39 is 0 Å². The zero-order chi connectivity index (χ0) is 18.4. The standard InChI is InChI=1S/C21H27N3O2/c1-15-4-6-18(20(12-15)25-3)14-24-21(22-2)23-10-8-16-5-7-19-17(13-16)9-11-26-19/h4-7,12-13H,8-11,14H2,1-3H3,(H2,22,23,24). The molecule has 5 heteroatoms. The third-order valence-electron chi connectivity index (χ3n) is 4.57. The van der Waals surface area contributed by atoms with E-state index in [4.69, 9.17) is 9.47 Å². The van der Waals surface area contributed by atoms with E-state index in [2.05, 4.69) is 52.9 Å². The molecular formula is C21H27N3O2. The molecule has 0 unspecified atom stereocenters. The Morgan fingerprint density at radius 2 is 2.08 bits per heavy atom. The second-order valence-electron chi connectivity index (χ2n) is 6.46. The summed E-state index contributed by atoms with van der Waals surface area (Å²) in [6.07, 6.45) is 1.96. The van der Waals surface area contributed by atoms with Crippen LogP contribution >= 0.6 is 0 Å². The van der Waals surface area contributed by atoms with Crippen molar-refractivity contribution in [2.45, 2.75) is 26.3 Å². The molecule has 0 amide bonds. The number of benzene rings is 2. The van der Waals surface area contributed by atoms with Gasteiger partial charge in [-0.15, -0.1) is 0 Å². The molecule has 0 aliphatic carbocycles. The molecule has 0 atom stereocenters. The van der Waals surface area contributed by atoms with E-state index in [0.29, 0.717) is 6.54 Å². The number of hydrogen-bond acceptors (Lipinski definition) is 3. The monoisotopic (exact) mass is 353 g/mol. The van der Waals surface area contributed by atoms with Crippen LogP contribution in [0.5, 0.6) is 11.5 Å². The molecule has 3 rings (SSSR count). The molecule has 138 valence electrons. The molecule has 0 fully saturated rings. The van der Waals surface area contributed by atoms with Crippen LogP contribution in [0.3, 0.4) is 0 Å². The molecule has 2 aromatic rings. The lowest BCUT2D eigenvalue weighted by Crippen LogP contribution is -2.37. The fraction of sp³-hybridized carbons (Fsp3) is 0.381. The number of aliphatic imine (C=N–C) groups is 1. The number of nitrogens with zero attached hydrogens (tertiary/aromatic N) is 1. The number of aryl methyl sites for hydroxylation is 1. The number of guanidine groups is 1. The molecule has 0 saturated heterocycles. The Morgan fingerprint density at radius 3 is 2.88 bits per heavy atom. The Morgan fingerprint density at radius 1 is 1.19 bits per heavy atom. The Balaban J connectivity index is 1.49. The summed E-state index contributed by atoms with van der Waals surface area (Å²) in [6.45, 7) is 4.35. The number of fused-ring (bicyclic) bond motifs is 1. The Bertz CT molecular complexity index is 787. The van der Waals surface area contributed by atoms with Crippen LogP contribution in [0.4, 0.5) is 0 Å². The van der Waals surface area contributed by atoms with Crippen molar-refractivity contribution in [1.29, 1.82) is 0 Å². The van der Waals surface area contributed by atoms with Crippen LogP contribution in [0.25, 0.3) is 0 Å². The van der Waals surface area contributed by atoms with Crippen molar-refractivity contribution in [2.75, 3.05) is 27.3 Å². The van der Waals surface area contributed by atoms with Gasteiger partial charge in [0.1, 0.15) is 11.5 Å². The Hall–Kier alpha value is -2.69. The third kappa shape index (κ3) is 4.48. The minimum absolute atomic E-state index is 0.666.